The van der Waals surface area contributed by atoms with E-state index in [2.05, 4.69) is 6.92 Å². The third-order valence-corrected chi connectivity index (χ3v) is 4.48. The highest BCUT2D eigenvalue weighted by Crippen LogP contribution is 2.33. The molecule has 1 atom stereocenters. The van der Waals surface area contributed by atoms with Gasteiger partial charge in [-0.1, -0.05) is 32.6 Å². The first kappa shape index (κ1) is 12.9. The molecule has 98 valence electrons. The Labute approximate surface area is 104 Å². The molecule has 1 heterocycles. The molecule has 0 bridgehead atoms. The predicted molar refractivity (Wildman–Crippen MR) is 68.3 cm³/mol. The Kier molecular flexibility index (Phi) is 4.47. The van der Waals surface area contributed by atoms with E-state index < -0.39 is 0 Å². The number of halogens is 1. The second-order valence-corrected chi connectivity index (χ2v) is 6.04. The Hall–Kier alpha value is -0.530. The lowest BCUT2D eigenvalue weighted by Crippen LogP contribution is -2.19. The van der Waals surface area contributed by atoms with E-state index in [9.17, 15) is 4.39 Å². The molecule has 0 aromatic carbocycles. The van der Waals surface area contributed by atoms with Crippen LogP contribution in [-0.2, 0) is 4.74 Å². The Morgan fingerprint density at radius 1 is 1.12 bits per heavy atom. The van der Waals surface area contributed by atoms with E-state index in [4.69, 9.17) is 4.74 Å². The maximum atomic E-state index is 13.3. The van der Waals surface area contributed by atoms with Gasteiger partial charge in [0.25, 0.3) is 6.01 Å². The van der Waals surface area contributed by atoms with Gasteiger partial charge in [0, 0.05) is 0 Å². The second kappa shape index (κ2) is 5.88. The summed E-state index contributed by atoms with van der Waals surface area (Å²) < 4.78 is 18.6. The third-order valence-electron chi connectivity index (χ3n) is 4.48. The molecule has 1 unspecified atom stereocenters. The zero-order valence-corrected chi connectivity index (χ0v) is 11.2. The molecule has 1 aliphatic carbocycles. The number of allylic oxidation sites excluding steroid dienone is 1. The molecule has 2 rings (SSSR count). The first-order valence-corrected chi connectivity index (χ1v) is 7.17. The first-order chi connectivity index (χ1) is 8.15. The van der Waals surface area contributed by atoms with Crippen LogP contribution in [0.15, 0.2) is 11.6 Å². The van der Waals surface area contributed by atoms with Gasteiger partial charge in [0.1, 0.15) is 6.10 Å². The Balaban J connectivity index is 1.69. The van der Waals surface area contributed by atoms with Crippen molar-refractivity contribution < 1.29 is 9.13 Å². The van der Waals surface area contributed by atoms with Crippen LogP contribution >= 0.6 is 0 Å². The maximum Gasteiger partial charge on any atom is 0.271 e. The highest BCUT2D eigenvalue weighted by Gasteiger charge is 2.23. The van der Waals surface area contributed by atoms with Gasteiger partial charge in [-0.05, 0) is 50.0 Å². The highest BCUT2D eigenvalue weighted by molar-refractivity contribution is 5.02. The smallest absolute Gasteiger partial charge is 0.271 e. The van der Waals surface area contributed by atoms with Crippen LogP contribution in [0.1, 0.15) is 65.2 Å². The maximum absolute atomic E-state index is 13.3. The van der Waals surface area contributed by atoms with Gasteiger partial charge in [0.15, 0.2) is 0 Å². The molecule has 17 heavy (non-hydrogen) atoms. The molecule has 1 fully saturated rings. The molecule has 0 N–H and O–H groups in total. The van der Waals surface area contributed by atoms with Crippen LogP contribution in [0.2, 0.25) is 0 Å². The minimum atomic E-state index is -0.307. The second-order valence-electron chi connectivity index (χ2n) is 6.04. The molecular weight excluding hydrogens is 215 g/mol. The van der Waals surface area contributed by atoms with E-state index in [1.165, 1.54) is 32.1 Å². The molecular formula is C15H25FO. The molecule has 2 aliphatic rings. The van der Waals surface area contributed by atoms with Gasteiger partial charge in [0.2, 0.25) is 0 Å². The largest absolute Gasteiger partial charge is 0.468 e. The van der Waals surface area contributed by atoms with Gasteiger partial charge in [-0.15, -0.1) is 0 Å². The van der Waals surface area contributed by atoms with Crippen LogP contribution < -0.4 is 0 Å². The fourth-order valence-corrected chi connectivity index (χ4v) is 3.02. The van der Waals surface area contributed by atoms with Gasteiger partial charge in [-0.25, -0.2) is 0 Å². The summed E-state index contributed by atoms with van der Waals surface area (Å²) in [7, 11) is 0. The van der Waals surface area contributed by atoms with Crippen molar-refractivity contribution in [1.82, 2.24) is 0 Å². The molecule has 0 amide bonds. The van der Waals surface area contributed by atoms with Crippen LogP contribution in [0.25, 0.3) is 0 Å². The molecule has 0 aromatic heterocycles. The van der Waals surface area contributed by atoms with E-state index in [1.807, 2.05) is 6.92 Å². The van der Waals surface area contributed by atoms with Gasteiger partial charge < -0.3 is 4.74 Å². The Bertz CT molecular complexity index is 277. The monoisotopic (exact) mass is 240 g/mol. The summed E-state index contributed by atoms with van der Waals surface area (Å²) >= 11 is 0. The van der Waals surface area contributed by atoms with Crippen molar-refractivity contribution >= 4 is 0 Å². The molecule has 0 aromatic rings. The van der Waals surface area contributed by atoms with Crippen LogP contribution in [0.4, 0.5) is 4.39 Å². The molecule has 1 aliphatic heterocycles. The zero-order chi connectivity index (χ0) is 12.3. The highest BCUT2D eigenvalue weighted by atomic mass is 19.1. The fourth-order valence-electron chi connectivity index (χ4n) is 3.02. The number of hydrogen-bond acceptors (Lipinski definition) is 1. The minimum Gasteiger partial charge on any atom is -0.468 e. The minimum absolute atomic E-state index is 0.137. The van der Waals surface area contributed by atoms with Gasteiger partial charge in [-0.2, -0.15) is 4.39 Å². The van der Waals surface area contributed by atoms with Crippen molar-refractivity contribution in [1.29, 1.82) is 0 Å². The van der Waals surface area contributed by atoms with Crippen molar-refractivity contribution in [2.75, 3.05) is 0 Å². The van der Waals surface area contributed by atoms with E-state index in [0.717, 1.165) is 36.7 Å². The number of ether oxygens (including phenoxy) is 1. The Morgan fingerprint density at radius 2 is 1.82 bits per heavy atom. The first-order valence-electron chi connectivity index (χ1n) is 7.17. The van der Waals surface area contributed by atoms with Gasteiger partial charge >= 0.3 is 0 Å². The zero-order valence-electron chi connectivity index (χ0n) is 11.2. The van der Waals surface area contributed by atoms with Crippen LogP contribution in [0.3, 0.4) is 0 Å². The van der Waals surface area contributed by atoms with Crippen molar-refractivity contribution in [2.45, 2.75) is 71.3 Å². The van der Waals surface area contributed by atoms with E-state index >= 15 is 0 Å². The summed E-state index contributed by atoms with van der Waals surface area (Å²) in [6, 6.07) is -0.307. The summed E-state index contributed by atoms with van der Waals surface area (Å²) in [5.41, 5.74) is 0.785. The predicted octanol–water partition coefficient (Wildman–Crippen LogP) is 4.97. The van der Waals surface area contributed by atoms with Crippen molar-refractivity contribution in [2.24, 2.45) is 11.8 Å². The van der Waals surface area contributed by atoms with E-state index in [1.54, 1.807) is 0 Å². The lowest BCUT2D eigenvalue weighted by molar-refractivity contribution is 0.0340. The quantitative estimate of drug-likeness (QED) is 0.676. The number of rotatable bonds is 3. The van der Waals surface area contributed by atoms with Crippen LogP contribution in [-0.4, -0.2) is 6.10 Å². The summed E-state index contributed by atoms with van der Waals surface area (Å²) in [6.07, 6.45) is 9.77. The topological polar surface area (TPSA) is 9.23 Å². The summed E-state index contributed by atoms with van der Waals surface area (Å²) in [5.74, 6) is 1.78. The fraction of sp³-hybridized carbons (Fsp3) is 0.867. The average Bonchev–Trinajstić information content (AvgIpc) is 2.33. The molecule has 1 nitrogen and oxygen atoms in total. The van der Waals surface area contributed by atoms with Gasteiger partial charge in [-0.3, -0.25) is 0 Å². The van der Waals surface area contributed by atoms with E-state index in [-0.39, 0.29) is 12.1 Å². The molecule has 0 spiro atoms. The standard InChI is InChI=1S/C15H25FO/c1-11-3-6-13(7-4-11)8-10-14-9-5-12(2)15(16)17-14/h11,13-14H,3-10H2,1-2H3. The SMILES string of the molecule is CC1=C(F)OC(CCC2CCC(C)CC2)CC1. The third kappa shape index (κ3) is 3.72. The van der Waals surface area contributed by atoms with Crippen LogP contribution in [0, 0.1) is 11.8 Å². The Morgan fingerprint density at radius 3 is 2.47 bits per heavy atom. The molecule has 0 saturated heterocycles. The van der Waals surface area contributed by atoms with Crippen LogP contribution in [0.5, 0.6) is 0 Å². The molecule has 1 saturated carbocycles. The molecule has 2 heteroatoms. The van der Waals surface area contributed by atoms with Gasteiger partial charge in [0.05, 0.1) is 0 Å². The average molecular weight is 240 g/mol. The van der Waals surface area contributed by atoms with Crippen molar-refractivity contribution in [3.8, 4) is 0 Å². The molecule has 0 radical (unpaired) electrons. The van der Waals surface area contributed by atoms with E-state index in [0.29, 0.717) is 0 Å². The summed E-state index contributed by atoms with van der Waals surface area (Å²) in [4.78, 5) is 0. The number of hydrogen-bond donors (Lipinski definition) is 0. The summed E-state index contributed by atoms with van der Waals surface area (Å²) in [6.45, 7) is 4.18. The lowest BCUT2D eigenvalue weighted by atomic mass is 9.80. The normalized spacial score (nSPS) is 34.6. The van der Waals surface area contributed by atoms with Crippen molar-refractivity contribution in [3.05, 3.63) is 11.6 Å². The van der Waals surface area contributed by atoms with Crippen molar-refractivity contribution in [3.63, 3.8) is 0 Å². The lowest BCUT2D eigenvalue weighted by Gasteiger charge is -2.29. The summed E-state index contributed by atoms with van der Waals surface area (Å²) in [5, 5.41) is 0.